The summed E-state index contributed by atoms with van der Waals surface area (Å²) in [5, 5.41) is 7.50. The molecule has 0 spiro atoms. The first kappa shape index (κ1) is 11.2. The van der Waals surface area contributed by atoms with Gasteiger partial charge in [0.1, 0.15) is 0 Å². The van der Waals surface area contributed by atoms with E-state index in [4.69, 9.17) is 4.52 Å². The monoisotopic (exact) mass is 236 g/mol. The predicted molar refractivity (Wildman–Crippen MR) is 63.5 cm³/mol. The van der Waals surface area contributed by atoms with Crippen molar-refractivity contribution in [2.75, 3.05) is 26.2 Å². The van der Waals surface area contributed by atoms with Crippen molar-refractivity contribution in [3.63, 3.8) is 0 Å². The lowest BCUT2D eigenvalue weighted by molar-refractivity contribution is 0.288. The first-order valence-electron chi connectivity index (χ1n) is 6.48. The van der Waals surface area contributed by atoms with Gasteiger partial charge in [-0.1, -0.05) is 19.0 Å². The minimum Gasteiger partial charge on any atom is -0.339 e. The summed E-state index contributed by atoms with van der Waals surface area (Å²) in [4.78, 5) is 6.88. The van der Waals surface area contributed by atoms with Gasteiger partial charge in [0, 0.05) is 19.0 Å². The van der Waals surface area contributed by atoms with E-state index in [9.17, 15) is 0 Å². The van der Waals surface area contributed by atoms with E-state index in [1.807, 2.05) is 0 Å². The van der Waals surface area contributed by atoms with Crippen LogP contribution in [0, 0.1) is 11.8 Å². The highest BCUT2D eigenvalue weighted by molar-refractivity contribution is 4.95. The van der Waals surface area contributed by atoms with Crippen LogP contribution in [0.2, 0.25) is 0 Å². The number of hydrogen-bond donors (Lipinski definition) is 1. The molecule has 2 aliphatic heterocycles. The minimum absolute atomic E-state index is 0.318. The van der Waals surface area contributed by atoms with E-state index in [0.717, 1.165) is 30.1 Å². The lowest BCUT2D eigenvalue weighted by Gasteiger charge is -2.13. The van der Waals surface area contributed by atoms with Gasteiger partial charge in [-0.2, -0.15) is 4.98 Å². The molecule has 0 bridgehead atoms. The molecular formula is C12H20N4O. The highest BCUT2D eigenvalue weighted by Crippen LogP contribution is 2.27. The van der Waals surface area contributed by atoms with Crippen molar-refractivity contribution in [2.45, 2.75) is 26.3 Å². The quantitative estimate of drug-likeness (QED) is 0.843. The average Bonchev–Trinajstić information content (AvgIpc) is 2.91. The van der Waals surface area contributed by atoms with Gasteiger partial charge in [-0.3, -0.25) is 4.90 Å². The van der Waals surface area contributed by atoms with E-state index in [2.05, 4.69) is 34.2 Å². The van der Waals surface area contributed by atoms with Gasteiger partial charge in [0.2, 0.25) is 5.89 Å². The Labute approximate surface area is 102 Å². The fourth-order valence-corrected chi connectivity index (χ4v) is 2.85. The Morgan fingerprint density at radius 1 is 1.35 bits per heavy atom. The Hall–Kier alpha value is -0.940. The second kappa shape index (κ2) is 4.38. The first-order chi connectivity index (χ1) is 8.22. The van der Waals surface area contributed by atoms with Gasteiger partial charge in [-0.15, -0.1) is 0 Å². The Bertz CT molecular complexity index is 378. The molecular weight excluding hydrogens is 216 g/mol. The molecule has 2 saturated heterocycles. The van der Waals surface area contributed by atoms with E-state index < -0.39 is 0 Å². The van der Waals surface area contributed by atoms with Crippen molar-refractivity contribution < 1.29 is 4.52 Å². The fourth-order valence-electron chi connectivity index (χ4n) is 2.85. The van der Waals surface area contributed by atoms with Crippen molar-refractivity contribution >= 4 is 0 Å². The SMILES string of the molecule is CC(C)c1nc(CN2C[C@@H]3CNC[C@H]3C2)no1. The van der Waals surface area contributed by atoms with Gasteiger partial charge >= 0.3 is 0 Å². The van der Waals surface area contributed by atoms with Crippen LogP contribution in [0.25, 0.3) is 0 Å². The third-order valence-electron chi connectivity index (χ3n) is 3.81. The second-order valence-electron chi connectivity index (χ2n) is 5.58. The smallest absolute Gasteiger partial charge is 0.229 e. The molecule has 5 nitrogen and oxygen atoms in total. The Balaban J connectivity index is 1.60. The number of fused-ring (bicyclic) bond motifs is 1. The summed E-state index contributed by atoms with van der Waals surface area (Å²) < 4.78 is 5.23. The summed E-state index contributed by atoms with van der Waals surface area (Å²) in [6.07, 6.45) is 0. The normalized spacial score (nSPS) is 29.1. The zero-order valence-electron chi connectivity index (χ0n) is 10.5. The van der Waals surface area contributed by atoms with Crippen molar-refractivity contribution in [3.05, 3.63) is 11.7 Å². The maximum absolute atomic E-state index is 5.23. The standard InChI is InChI=1S/C12H20N4O/c1-8(2)12-14-11(15-17-12)7-16-5-9-3-13-4-10(9)6-16/h8-10,13H,3-7H2,1-2H3/t9-,10-/m0/s1. The maximum atomic E-state index is 5.23. The second-order valence-corrected chi connectivity index (χ2v) is 5.58. The third kappa shape index (κ3) is 2.21. The minimum atomic E-state index is 0.318. The van der Waals surface area contributed by atoms with Crippen molar-refractivity contribution in [1.29, 1.82) is 0 Å². The number of nitrogens with one attached hydrogen (secondary N) is 1. The molecule has 2 atom stereocenters. The van der Waals surface area contributed by atoms with Crippen LogP contribution in [0.3, 0.4) is 0 Å². The Morgan fingerprint density at radius 2 is 2.06 bits per heavy atom. The molecule has 94 valence electrons. The highest BCUT2D eigenvalue weighted by atomic mass is 16.5. The van der Waals surface area contributed by atoms with Crippen LogP contribution >= 0.6 is 0 Å². The van der Waals surface area contributed by atoms with Crippen LogP contribution in [0.15, 0.2) is 4.52 Å². The molecule has 1 aromatic rings. The fraction of sp³-hybridized carbons (Fsp3) is 0.833. The molecule has 0 amide bonds. The zero-order valence-corrected chi connectivity index (χ0v) is 10.5. The van der Waals surface area contributed by atoms with Crippen LogP contribution in [0.5, 0.6) is 0 Å². The third-order valence-corrected chi connectivity index (χ3v) is 3.81. The Morgan fingerprint density at radius 3 is 2.65 bits per heavy atom. The molecule has 1 N–H and O–H groups in total. The summed E-state index contributed by atoms with van der Waals surface area (Å²) in [7, 11) is 0. The Kier molecular flexibility index (Phi) is 2.88. The average molecular weight is 236 g/mol. The van der Waals surface area contributed by atoms with E-state index in [0.29, 0.717) is 5.92 Å². The predicted octanol–water partition coefficient (Wildman–Crippen LogP) is 0.844. The van der Waals surface area contributed by atoms with E-state index in [1.165, 1.54) is 26.2 Å². The number of nitrogens with zero attached hydrogens (tertiary/aromatic N) is 3. The van der Waals surface area contributed by atoms with Crippen LogP contribution in [0.4, 0.5) is 0 Å². The van der Waals surface area contributed by atoms with Gasteiger partial charge in [-0.25, -0.2) is 0 Å². The van der Waals surface area contributed by atoms with Gasteiger partial charge in [0.05, 0.1) is 6.54 Å². The molecule has 2 fully saturated rings. The lowest BCUT2D eigenvalue weighted by atomic mass is 10.0. The molecule has 0 radical (unpaired) electrons. The summed E-state index contributed by atoms with van der Waals surface area (Å²) in [6.45, 7) is 9.66. The number of likely N-dealkylation sites (tertiary alicyclic amines) is 1. The topological polar surface area (TPSA) is 54.2 Å². The van der Waals surface area contributed by atoms with Crippen LogP contribution < -0.4 is 5.32 Å². The van der Waals surface area contributed by atoms with Crippen molar-refractivity contribution in [1.82, 2.24) is 20.4 Å². The largest absolute Gasteiger partial charge is 0.339 e. The molecule has 3 rings (SSSR count). The van der Waals surface area contributed by atoms with E-state index in [1.54, 1.807) is 0 Å². The molecule has 0 aromatic carbocycles. The lowest BCUT2D eigenvalue weighted by Crippen LogP contribution is -2.25. The number of rotatable bonds is 3. The van der Waals surface area contributed by atoms with Gasteiger partial charge in [0.25, 0.3) is 0 Å². The van der Waals surface area contributed by atoms with Crippen molar-refractivity contribution in [3.8, 4) is 0 Å². The van der Waals surface area contributed by atoms with Gasteiger partial charge < -0.3 is 9.84 Å². The zero-order chi connectivity index (χ0) is 11.8. The number of aromatic nitrogens is 2. The molecule has 1 aromatic heterocycles. The summed E-state index contributed by atoms with van der Waals surface area (Å²) in [6, 6.07) is 0. The maximum Gasteiger partial charge on any atom is 0.229 e. The van der Waals surface area contributed by atoms with Crippen LogP contribution in [-0.2, 0) is 6.54 Å². The molecule has 5 heteroatoms. The molecule has 17 heavy (non-hydrogen) atoms. The molecule has 0 saturated carbocycles. The summed E-state index contributed by atoms with van der Waals surface area (Å²) in [5.41, 5.74) is 0. The molecule has 3 heterocycles. The number of hydrogen-bond acceptors (Lipinski definition) is 5. The van der Waals surface area contributed by atoms with Crippen molar-refractivity contribution in [2.24, 2.45) is 11.8 Å². The van der Waals surface area contributed by atoms with Crippen LogP contribution in [-0.4, -0.2) is 41.2 Å². The molecule has 2 aliphatic rings. The summed E-state index contributed by atoms with van der Waals surface area (Å²) in [5.74, 6) is 3.55. The highest BCUT2D eigenvalue weighted by Gasteiger charge is 2.36. The molecule has 0 unspecified atom stereocenters. The van der Waals surface area contributed by atoms with Gasteiger partial charge in [0.15, 0.2) is 5.82 Å². The summed E-state index contributed by atoms with van der Waals surface area (Å²) >= 11 is 0. The van der Waals surface area contributed by atoms with E-state index >= 15 is 0 Å². The van der Waals surface area contributed by atoms with Crippen LogP contribution in [0.1, 0.15) is 31.5 Å². The first-order valence-corrected chi connectivity index (χ1v) is 6.48. The van der Waals surface area contributed by atoms with E-state index in [-0.39, 0.29) is 0 Å². The molecule has 0 aliphatic carbocycles. The van der Waals surface area contributed by atoms with Gasteiger partial charge in [-0.05, 0) is 24.9 Å².